The first-order valence-electron chi connectivity index (χ1n) is 8.32. The van der Waals surface area contributed by atoms with Crippen molar-refractivity contribution in [3.8, 4) is 17.1 Å². The highest BCUT2D eigenvalue weighted by molar-refractivity contribution is 7.99. The summed E-state index contributed by atoms with van der Waals surface area (Å²) in [5.41, 5.74) is 1.90. The van der Waals surface area contributed by atoms with Crippen LogP contribution in [0.1, 0.15) is 0 Å². The zero-order valence-corrected chi connectivity index (χ0v) is 15.1. The van der Waals surface area contributed by atoms with E-state index in [1.807, 2.05) is 42.5 Å². The Bertz CT molecular complexity index is 1310. The summed E-state index contributed by atoms with van der Waals surface area (Å²) >= 11 is 1.16. The van der Waals surface area contributed by atoms with Crippen molar-refractivity contribution in [2.24, 2.45) is 0 Å². The number of hydrogen-bond donors (Lipinski definition) is 2. The molecule has 0 saturated heterocycles. The van der Waals surface area contributed by atoms with E-state index in [2.05, 4.69) is 35.2 Å². The topological polar surface area (TPSA) is 118 Å². The Morgan fingerprint density at radius 3 is 2.64 bits per heavy atom. The largest absolute Gasteiger partial charge is 0.300 e. The second kappa shape index (κ2) is 6.74. The number of benzene rings is 1. The lowest BCUT2D eigenvalue weighted by Crippen LogP contribution is -2.09. The van der Waals surface area contributed by atoms with Crippen LogP contribution in [0.25, 0.3) is 28.1 Å². The highest BCUT2D eigenvalue weighted by Gasteiger charge is 2.14. The Morgan fingerprint density at radius 2 is 1.82 bits per heavy atom. The van der Waals surface area contributed by atoms with Crippen molar-refractivity contribution in [3.63, 3.8) is 0 Å². The SMILES string of the molecule is O=c1[nH]c(Sc2n[nH]c(-c3ccncc3)n2)nc2c1cnn2-c1ccccc1. The van der Waals surface area contributed by atoms with E-state index in [1.165, 1.54) is 6.20 Å². The zero-order valence-electron chi connectivity index (χ0n) is 14.3. The van der Waals surface area contributed by atoms with Gasteiger partial charge in [-0.3, -0.25) is 14.9 Å². The average molecular weight is 388 g/mol. The summed E-state index contributed by atoms with van der Waals surface area (Å²) in [6.07, 6.45) is 4.88. The molecule has 5 rings (SSSR count). The van der Waals surface area contributed by atoms with Gasteiger partial charge in [0.15, 0.2) is 16.6 Å². The third kappa shape index (κ3) is 2.95. The van der Waals surface area contributed by atoms with Crippen LogP contribution in [0.5, 0.6) is 0 Å². The molecule has 0 saturated carbocycles. The predicted molar refractivity (Wildman–Crippen MR) is 103 cm³/mol. The molecule has 0 radical (unpaired) electrons. The summed E-state index contributed by atoms with van der Waals surface area (Å²) in [5.74, 6) is 0.614. The lowest BCUT2D eigenvalue weighted by molar-refractivity contribution is 0.869. The Labute approximate surface area is 161 Å². The molecule has 0 fully saturated rings. The molecule has 28 heavy (non-hydrogen) atoms. The van der Waals surface area contributed by atoms with Gasteiger partial charge in [-0.1, -0.05) is 18.2 Å². The molecule has 9 nitrogen and oxygen atoms in total. The number of rotatable bonds is 4. The van der Waals surface area contributed by atoms with Crippen molar-refractivity contribution in [2.75, 3.05) is 0 Å². The molecule has 0 spiro atoms. The maximum absolute atomic E-state index is 12.4. The van der Waals surface area contributed by atoms with Crippen LogP contribution in [0.4, 0.5) is 0 Å². The van der Waals surface area contributed by atoms with Gasteiger partial charge < -0.3 is 4.98 Å². The van der Waals surface area contributed by atoms with Gasteiger partial charge in [0.05, 0.1) is 11.9 Å². The minimum atomic E-state index is -0.264. The van der Waals surface area contributed by atoms with Gasteiger partial charge in [-0.05, 0) is 36.0 Å². The van der Waals surface area contributed by atoms with Crippen LogP contribution in [-0.2, 0) is 0 Å². The monoisotopic (exact) mass is 388 g/mol. The van der Waals surface area contributed by atoms with E-state index >= 15 is 0 Å². The maximum atomic E-state index is 12.4. The van der Waals surface area contributed by atoms with E-state index in [1.54, 1.807) is 17.1 Å². The van der Waals surface area contributed by atoms with Crippen LogP contribution in [-0.4, -0.2) is 39.9 Å². The summed E-state index contributed by atoms with van der Waals surface area (Å²) in [7, 11) is 0. The Hall–Kier alpha value is -3.79. The summed E-state index contributed by atoms with van der Waals surface area (Å²) in [6.45, 7) is 0. The number of H-pyrrole nitrogens is 2. The second-order valence-electron chi connectivity index (χ2n) is 5.80. The van der Waals surface area contributed by atoms with Crippen LogP contribution < -0.4 is 5.56 Å². The van der Waals surface area contributed by atoms with Crippen LogP contribution in [0.15, 0.2) is 76.2 Å². The number of hydrogen-bond acceptors (Lipinski definition) is 7. The van der Waals surface area contributed by atoms with E-state index in [9.17, 15) is 4.79 Å². The van der Waals surface area contributed by atoms with Gasteiger partial charge in [0.1, 0.15) is 5.39 Å². The Morgan fingerprint density at radius 1 is 1.00 bits per heavy atom. The van der Waals surface area contributed by atoms with Gasteiger partial charge >= 0.3 is 0 Å². The first-order valence-corrected chi connectivity index (χ1v) is 9.14. The van der Waals surface area contributed by atoms with Crippen LogP contribution >= 0.6 is 11.8 Å². The van der Waals surface area contributed by atoms with Gasteiger partial charge in [0.2, 0.25) is 5.16 Å². The van der Waals surface area contributed by atoms with Crippen LogP contribution in [0.3, 0.4) is 0 Å². The number of pyridine rings is 1. The minimum absolute atomic E-state index is 0.264. The first-order chi connectivity index (χ1) is 13.8. The molecule has 136 valence electrons. The smallest absolute Gasteiger partial charge is 0.262 e. The number of para-hydroxylation sites is 1. The van der Waals surface area contributed by atoms with Gasteiger partial charge in [-0.25, -0.2) is 14.6 Å². The molecule has 5 aromatic rings. The Balaban J connectivity index is 1.52. The van der Waals surface area contributed by atoms with E-state index < -0.39 is 0 Å². The van der Waals surface area contributed by atoms with E-state index in [0.29, 0.717) is 27.2 Å². The molecule has 0 unspecified atom stereocenters. The maximum Gasteiger partial charge on any atom is 0.262 e. The first kappa shape index (κ1) is 16.4. The molecule has 0 aliphatic carbocycles. The quantitative estimate of drug-likeness (QED) is 0.454. The summed E-state index contributed by atoms with van der Waals surface area (Å²) in [5, 5.41) is 12.6. The predicted octanol–water partition coefficient (Wildman–Crippen LogP) is 2.44. The molecule has 0 aliphatic heterocycles. The fraction of sp³-hybridized carbons (Fsp3) is 0. The third-order valence-electron chi connectivity index (χ3n) is 4.02. The van der Waals surface area contributed by atoms with Gasteiger partial charge in [-0.15, -0.1) is 5.10 Å². The normalized spacial score (nSPS) is 11.1. The van der Waals surface area contributed by atoms with E-state index in [-0.39, 0.29) is 5.56 Å². The fourth-order valence-corrected chi connectivity index (χ4v) is 3.40. The third-order valence-corrected chi connectivity index (χ3v) is 4.78. The lowest BCUT2D eigenvalue weighted by atomic mass is 10.3. The number of nitrogens with zero attached hydrogens (tertiary/aromatic N) is 6. The van der Waals surface area contributed by atoms with Crippen LogP contribution in [0.2, 0.25) is 0 Å². The highest BCUT2D eigenvalue weighted by atomic mass is 32.2. The van der Waals surface area contributed by atoms with Crippen LogP contribution in [0, 0.1) is 0 Å². The van der Waals surface area contributed by atoms with Crippen molar-refractivity contribution in [1.29, 1.82) is 0 Å². The minimum Gasteiger partial charge on any atom is -0.300 e. The fourth-order valence-electron chi connectivity index (χ4n) is 2.72. The van der Waals surface area contributed by atoms with Gasteiger partial charge in [0.25, 0.3) is 5.56 Å². The molecular weight excluding hydrogens is 376 g/mol. The van der Waals surface area contributed by atoms with Crippen molar-refractivity contribution in [2.45, 2.75) is 10.3 Å². The Kier molecular flexibility index (Phi) is 3.95. The van der Waals surface area contributed by atoms with Crippen molar-refractivity contribution >= 4 is 22.8 Å². The highest BCUT2D eigenvalue weighted by Crippen LogP contribution is 2.24. The molecule has 10 heteroatoms. The van der Waals surface area contributed by atoms with Crippen molar-refractivity contribution in [3.05, 3.63) is 71.4 Å². The van der Waals surface area contributed by atoms with Gasteiger partial charge in [0, 0.05) is 18.0 Å². The number of aromatic amines is 2. The van der Waals surface area contributed by atoms with Crippen molar-refractivity contribution in [1.82, 2.24) is 39.9 Å². The molecule has 0 amide bonds. The number of fused-ring (bicyclic) bond motifs is 1. The second-order valence-corrected chi connectivity index (χ2v) is 6.76. The number of nitrogens with one attached hydrogen (secondary N) is 2. The molecule has 0 atom stereocenters. The van der Waals surface area contributed by atoms with E-state index in [4.69, 9.17) is 0 Å². The zero-order chi connectivity index (χ0) is 18.9. The summed E-state index contributed by atoms with van der Waals surface area (Å²) in [6, 6.07) is 13.2. The standard InChI is InChI=1S/C18H12N8OS/c27-16-13-10-20-26(12-4-2-1-3-5-12)15(13)22-17(23-16)28-18-21-14(24-25-18)11-6-8-19-9-7-11/h1-10H,(H,21,24,25)(H,22,23,27). The molecular formula is C18H12N8OS. The lowest BCUT2D eigenvalue weighted by Gasteiger charge is -2.03. The molecule has 4 heterocycles. The summed E-state index contributed by atoms with van der Waals surface area (Å²) in [4.78, 5) is 28.2. The van der Waals surface area contributed by atoms with E-state index in [0.717, 1.165) is 23.0 Å². The molecule has 2 N–H and O–H groups in total. The molecule has 0 bridgehead atoms. The number of aromatic nitrogens is 8. The van der Waals surface area contributed by atoms with Crippen molar-refractivity contribution < 1.29 is 0 Å². The average Bonchev–Trinajstić information content (AvgIpc) is 3.37. The molecule has 4 aromatic heterocycles. The molecule has 0 aliphatic rings. The molecule has 1 aromatic carbocycles. The summed E-state index contributed by atoms with van der Waals surface area (Å²) < 4.78 is 1.63. The van der Waals surface area contributed by atoms with Gasteiger partial charge in [-0.2, -0.15) is 5.10 Å².